The number of carbonyl (C=O) groups is 1. The molecule has 0 radical (unpaired) electrons. The van der Waals surface area contributed by atoms with Crippen molar-refractivity contribution in [3.05, 3.63) is 0 Å². The third kappa shape index (κ3) is 4.49. The van der Waals surface area contributed by atoms with Crippen LogP contribution in [-0.4, -0.2) is 22.4 Å². The molecule has 0 aromatic heterocycles. The molecule has 0 aliphatic heterocycles. The molecule has 0 spiro atoms. The minimum Gasteiger partial charge on any atom is -0.466 e. The van der Waals surface area contributed by atoms with E-state index in [2.05, 4.69) is 4.74 Å². The van der Waals surface area contributed by atoms with Crippen molar-refractivity contribution >= 4 is 15.8 Å². The minimum atomic E-state index is -1.58. The summed E-state index contributed by atoms with van der Waals surface area (Å²) in [4.78, 5) is 10.3. The van der Waals surface area contributed by atoms with Gasteiger partial charge in [0.1, 0.15) is 0 Å². The number of esters is 1. The molecule has 0 heterocycles. The van der Waals surface area contributed by atoms with Gasteiger partial charge >= 0.3 is 5.97 Å². The van der Waals surface area contributed by atoms with Crippen molar-refractivity contribution in [1.29, 1.82) is 0 Å². The summed E-state index contributed by atoms with van der Waals surface area (Å²) >= 11 is 0. The van der Waals surface area contributed by atoms with Crippen molar-refractivity contribution in [2.75, 3.05) is 6.61 Å². The SMILES string of the molecule is CC(=O)OCC(C)(C)[SiH2]F. The normalized spacial score (nSPS) is 12.4. The molecule has 0 bridgehead atoms. The van der Waals surface area contributed by atoms with Gasteiger partial charge in [-0.1, -0.05) is 13.8 Å². The van der Waals surface area contributed by atoms with Crippen LogP contribution in [0.5, 0.6) is 0 Å². The van der Waals surface area contributed by atoms with E-state index in [1.165, 1.54) is 6.92 Å². The Labute approximate surface area is 62.8 Å². The van der Waals surface area contributed by atoms with E-state index in [1.54, 1.807) is 13.8 Å². The molecule has 4 heteroatoms. The molecular weight excluding hydrogens is 151 g/mol. The van der Waals surface area contributed by atoms with Gasteiger partial charge in [0, 0.05) is 12.0 Å². The molecule has 0 saturated carbocycles. The van der Waals surface area contributed by atoms with Crippen molar-refractivity contribution in [2.24, 2.45) is 0 Å². The number of carbonyl (C=O) groups excluding carboxylic acids is 1. The highest BCUT2D eigenvalue weighted by Crippen LogP contribution is 2.22. The van der Waals surface area contributed by atoms with Crippen LogP contribution in [0, 0.1) is 0 Å². The van der Waals surface area contributed by atoms with Crippen molar-refractivity contribution < 1.29 is 13.6 Å². The summed E-state index contributed by atoms with van der Waals surface area (Å²) in [5, 5.41) is -0.397. The highest BCUT2D eigenvalue weighted by molar-refractivity contribution is 6.31. The molecule has 0 aromatic carbocycles. The number of hydrogen-bond donors (Lipinski definition) is 0. The van der Waals surface area contributed by atoms with E-state index in [-0.39, 0.29) is 12.6 Å². The van der Waals surface area contributed by atoms with E-state index < -0.39 is 14.9 Å². The molecule has 0 aliphatic rings. The Kier molecular flexibility index (Phi) is 3.56. The molecule has 0 unspecified atom stereocenters. The van der Waals surface area contributed by atoms with Crippen molar-refractivity contribution in [3.8, 4) is 0 Å². The van der Waals surface area contributed by atoms with E-state index in [4.69, 9.17) is 0 Å². The summed E-state index contributed by atoms with van der Waals surface area (Å²) in [6, 6.07) is 0. The standard InChI is InChI=1S/C6H13FO2Si/c1-5(8)9-4-6(2,3)10-7/h4,10H2,1-3H3. The van der Waals surface area contributed by atoms with Gasteiger partial charge < -0.3 is 8.84 Å². The molecule has 10 heavy (non-hydrogen) atoms. The third-order valence-electron chi connectivity index (χ3n) is 1.03. The smallest absolute Gasteiger partial charge is 0.302 e. The molecule has 0 saturated heterocycles. The molecule has 0 atom stereocenters. The fourth-order valence-corrected chi connectivity index (χ4v) is 0.515. The third-order valence-corrected chi connectivity index (χ3v) is 1.96. The lowest BCUT2D eigenvalue weighted by atomic mass is 10.2. The van der Waals surface area contributed by atoms with Crippen LogP contribution >= 0.6 is 0 Å². The van der Waals surface area contributed by atoms with Crippen LogP contribution in [0.1, 0.15) is 20.8 Å². The predicted molar refractivity (Wildman–Crippen MR) is 40.3 cm³/mol. The average molecular weight is 164 g/mol. The second kappa shape index (κ2) is 3.70. The van der Waals surface area contributed by atoms with Crippen molar-refractivity contribution in [3.63, 3.8) is 0 Å². The number of rotatable bonds is 3. The van der Waals surface area contributed by atoms with E-state index in [1.807, 2.05) is 0 Å². The summed E-state index contributed by atoms with van der Waals surface area (Å²) in [5.74, 6) is -0.337. The fourth-order valence-electron chi connectivity index (χ4n) is 0.336. The molecule has 0 amide bonds. The number of hydrogen-bond acceptors (Lipinski definition) is 2. The lowest BCUT2D eigenvalue weighted by molar-refractivity contribution is -0.141. The Morgan fingerprint density at radius 2 is 2.20 bits per heavy atom. The molecule has 0 aliphatic carbocycles. The van der Waals surface area contributed by atoms with Gasteiger partial charge in [-0.15, -0.1) is 0 Å². The average Bonchev–Trinajstić information content (AvgIpc) is 1.85. The van der Waals surface area contributed by atoms with E-state index in [0.717, 1.165) is 0 Å². The van der Waals surface area contributed by atoms with E-state index in [9.17, 15) is 8.90 Å². The molecular formula is C6H13FO2Si. The first-order chi connectivity index (χ1) is 4.48. The van der Waals surface area contributed by atoms with Crippen LogP contribution < -0.4 is 0 Å². The monoisotopic (exact) mass is 164 g/mol. The van der Waals surface area contributed by atoms with Crippen LogP contribution in [0.4, 0.5) is 4.11 Å². The van der Waals surface area contributed by atoms with Crippen LogP contribution in [0.2, 0.25) is 5.04 Å². The van der Waals surface area contributed by atoms with Gasteiger partial charge in [0.25, 0.3) is 0 Å². The maximum Gasteiger partial charge on any atom is 0.302 e. The topological polar surface area (TPSA) is 26.3 Å². The molecule has 2 nitrogen and oxygen atoms in total. The van der Waals surface area contributed by atoms with Gasteiger partial charge in [0.05, 0.1) is 6.61 Å². The van der Waals surface area contributed by atoms with Gasteiger partial charge in [-0.2, -0.15) is 0 Å². The molecule has 0 fully saturated rings. The largest absolute Gasteiger partial charge is 0.466 e. The molecule has 0 aromatic rings. The Morgan fingerprint density at radius 3 is 2.50 bits per heavy atom. The zero-order valence-electron chi connectivity index (χ0n) is 6.61. The highest BCUT2D eigenvalue weighted by Gasteiger charge is 2.19. The lowest BCUT2D eigenvalue weighted by Gasteiger charge is -2.18. The van der Waals surface area contributed by atoms with Gasteiger partial charge in [-0.05, 0) is 0 Å². The Hall–Kier alpha value is -0.383. The van der Waals surface area contributed by atoms with Crippen LogP contribution in [0.15, 0.2) is 0 Å². The highest BCUT2D eigenvalue weighted by atomic mass is 28.3. The first-order valence-corrected chi connectivity index (χ1v) is 4.41. The molecule has 60 valence electrons. The number of ether oxygens (including phenoxy) is 1. The minimum absolute atomic E-state index is 0.213. The second-order valence-corrected chi connectivity index (χ2v) is 5.26. The lowest BCUT2D eigenvalue weighted by Crippen LogP contribution is -2.18. The van der Waals surface area contributed by atoms with Gasteiger partial charge in [-0.3, -0.25) is 4.79 Å². The maximum absolute atomic E-state index is 12.2. The molecule has 0 N–H and O–H groups in total. The van der Waals surface area contributed by atoms with Gasteiger partial charge in [-0.25, -0.2) is 0 Å². The summed E-state index contributed by atoms with van der Waals surface area (Å²) in [6.07, 6.45) is 0. The second-order valence-electron chi connectivity index (χ2n) is 3.08. The molecule has 0 rings (SSSR count). The summed E-state index contributed by atoms with van der Waals surface area (Å²) < 4.78 is 16.8. The first kappa shape index (κ1) is 9.62. The van der Waals surface area contributed by atoms with Crippen LogP contribution in [0.25, 0.3) is 0 Å². The van der Waals surface area contributed by atoms with Gasteiger partial charge in [0.15, 0.2) is 0 Å². The zero-order valence-corrected chi connectivity index (χ0v) is 8.02. The summed E-state index contributed by atoms with van der Waals surface area (Å²) in [6.45, 7) is 5.07. The van der Waals surface area contributed by atoms with Crippen molar-refractivity contribution in [2.45, 2.75) is 25.8 Å². The Morgan fingerprint density at radius 1 is 1.70 bits per heavy atom. The van der Waals surface area contributed by atoms with Crippen LogP contribution in [-0.2, 0) is 9.53 Å². The summed E-state index contributed by atoms with van der Waals surface area (Å²) in [7, 11) is -1.58. The maximum atomic E-state index is 12.2. The van der Waals surface area contributed by atoms with E-state index >= 15 is 0 Å². The predicted octanol–water partition coefficient (Wildman–Crippen LogP) is 0.801. The summed E-state index contributed by atoms with van der Waals surface area (Å²) in [5.41, 5.74) is 0. The Bertz CT molecular complexity index is 125. The van der Waals surface area contributed by atoms with Crippen LogP contribution in [0.3, 0.4) is 0 Å². The quantitative estimate of drug-likeness (QED) is 0.350. The Balaban J connectivity index is 3.56. The number of halogens is 1. The first-order valence-electron chi connectivity index (χ1n) is 3.17. The zero-order chi connectivity index (χ0) is 8.20. The fraction of sp³-hybridized carbons (Fsp3) is 0.833. The van der Waals surface area contributed by atoms with E-state index in [0.29, 0.717) is 0 Å². The van der Waals surface area contributed by atoms with Crippen molar-refractivity contribution in [1.82, 2.24) is 0 Å². The van der Waals surface area contributed by atoms with Gasteiger partial charge in [0.2, 0.25) is 9.85 Å².